The van der Waals surface area contributed by atoms with Gasteiger partial charge in [-0.05, 0) is 43.5 Å². The summed E-state index contributed by atoms with van der Waals surface area (Å²) in [6.07, 6.45) is 4.63. The highest BCUT2D eigenvalue weighted by Crippen LogP contribution is 2.50. The van der Waals surface area contributed by atoms with Gasteiger partial charge in [0, 0.05) is 37.0 Å². The summed E-state index contributed by atoms with van der Waals surface area (Å²) in [6.45, 7) is 5.97. The highest BCUT2D eigenvalue weighted by Gasteiger charge is 2.55. The number of ether oxygens (including phenoxy) is 1. The summed E-state index contributed by atoms with van der Waals surface area (Å²) < 4.78 is 6.17. The molecule has 146 valence electrons. The summed E-state index contributed by atoms with van der Waals surface area (Å²) in [5.41, 5.74) is 7.99. The SMILES string of the molecule is CCc1c(Cl)cncc1-c1ccc2c(c1)C1(CC(C)(C)O2)N=C(N)N(C)C1=O. The first-order chi connectivity index (χ1) is 13.2. The number of hydrogen-bond acceptors (Lipinski definition) is 5. The molecule has 6 nitrogen and oxygen atoms in total. The molecule has 2 N–H and O–H groups in total. The Kier molecular flexibility index (Phi) is 4.16. The van der Waals surface area contributed by atoms with Crippen molar-refractivity contribution in [2.75, 3.05) is 7.05 Å². The lowest BCUT2D eigenvalue weighted by Crippen LogP contribution is -2.49. The average Bonchev–Trinajstić information content (AvgIpc) is 2.84. The first kappa shape index (κ1) is 18.7. The van der Waals surface area contributed by atoms with Crippen molar-refractivity contribution in [3.05, 3.63) is 46.7 Å². The first-order valence-corrected chi connectivity index (χ1v) is 9.66. The van der Waals surface area contributed by atoms with E-state index < -0.39 is 11.1 Å². The molecule has 0 saturated heterocycles. The van der Waals surface area contributed by atoms with Gasteiger partial charge >= 0.3 is 0 Å². The van der Waals surface area contributed by atoms with Crippen LogP contribution < -0.4 is 10.5 Å². The number of guanidine groups is 1. The molecular formula is C21H23ClN4O2. The summed E-state index contributed by atoms with van der Waals surface area (Å²) in [5.74, 6) is 0.727. The van der Waals surface area contributed by atoms with Crippen LogP contribution >= 0.6 is 11.6 Å². The Labute approximate surface area is 169 Å². The highest BCUT2D eigenvalue weighted by molar-refractivity contribution is 6.31. The summed E-state index contributed by atoms with van der Waals surface area (Å²) >= 11 is 6.36. The fraction of sp³-hybridized carbons (Fsp3) is 0.381. The molecule has 0 saturated carbocycles. The number of halogens is 1. The molecule has 2 aliphatic heterocycles. The smallest absolute Gasteiger partial charge is 0.261 e. The van der Waals surface area contributed by atoms with Crippen molar-refractivity contribution in [1.82, 2.24) is 9.88 Å². The van der Waals surface area contributed by atoms with E-state index in [2.05, 4.69) is 16.9 Å². The maximum atomic E-state index is 13.2. The number of likely N-dealkylation sites (N-methyl/N-ethyl adjacent to an activating group) is 1. The van der Waals surface area contributed by atoms with E-state index in [-0.39, 0.29) is 11.9 Å². The Morgan fingerprint density at radius 1 is 1.32 bits per heavy atom. The molecule has 0 bridgehead atoms. The average molecular weight is 399 g/mol. The van der Waals surface area contributed by atoms with Gasteiger partial charge in [-0.25, -0.2) is 4.99 Å². The van der Waals surface area contributed by atoms with Crippen LogP contribution in [0, 0.1) is 0 Å². The Balaban J connectivity index is 1.95. The Hall–Kier alpha value is -2.60. The van der Waals surface area contributed by atoms with Crippen molar-refractivity contribution >= 4 is 23.5 Å². The van der Waals surface area contributed by atoms with Gasteiger partial charge in [0.2, 0.25) is 0 Å². The van der Waals surface area contributed by atoms with Crippen molar-refractivity contribution in [3.8, 4) is 16.9 Å². The van der Waals surface area contributed by atoms with Gasteiger partial charge in [-0.15, -0.1) is 0 Å². The van der Waals surface area contributed by atoms with Gasteiger partial charge in [0.05, 0.1) is 5.02 Å². The third-order valence-electron chi connectivity index (χ3n) is 5.47. The van der Waals surface area contributed by atoms with Crippen LogP contribution in [-0.4, -0.2) is 34.4 Å². The molecule has 1 atom stereocenters. The predicted molar refractivity (Wildman–Crippen MR) is 109 cm³/mol. The maximum absolute atomic E-state index is 13.2. The van der Waals surface area contributed by atoms with Gasteiger partial charge in [0.1, 0.15) is 11.4 Å². The standard InChI is InChI=1S/C21H23ClN4O2/c1-5-13-14(9-24-10-16(13)22)12-6-7-17-15(8-12)21(11-20(2,3)28-17)18(27)26(4)19(23)25-21/h6-10H,5,11H2,1-4H3,(H2,23,25). The number of benzene rings is 1. The van der Waals surface area contributed by atoms with Crippen LogP contribution in [0.2, 0.25) is 5.02 Å². The fourth-order valence-corrected chi connectivity index (χ4v) is 4.51. The minimum Gasteiger partial charge on any atom is -0.487 e. The molecule has 1 amide bonds. The number of carbonyl (C=O) groups is 1. The molecule has 0 fully saturated rings. The molecule has 28 heavy (non-hydrogen) atoms. The van der Waals surface area contributed by atoms with Crippen LogP contribution in [0.3, 0.4) is 0 Å². The van der Waals surface area contributed by atoms with E-state index in [1.807, 2.05) is 32.0 Å². The van der Waals surface area contributed by atoms with E-state index in [9.17, 15) is 4.79 Å². The van der Waals surface area contributed by atoms with Crippen molar-refractivity contribution < 1.29 is 9.53 Å². The predicted octanol–water partition coefficient (Wildman–Crippen LogP) is 3.51. The molecular weight excluding hydrogens is 376 g/mol. The topological polar surface area (TPSA) is 80.8 Å². The monoisotopic (exact) mass is 398 g/mol. The maximum Gasteiger partial charge on any atom is 0.261 e. The Morgan fingerprint density at radius 3 is 2.71 bits per heavy atom. The summed E-state index contributed by atoms with van der Waals surface area (Å²) in [7, 11) is 1.65. The van der Waals surface area contributed by atoms with Crippen molar-refractivity contribution in [2.24, 2.45) is 10.7 Å². The van der Waals surface area contributed by atoms with E-state index in [0.29, 0.717) is 17.2 Å². The van der Waals surface area contributed by atoms with E-state index in [1.54, 1.807) is 19.4 Å². The van der Waals surface area contributed by atoms with E-state index in [4.69, 9.17) is 22.1 Å². The number of aliphatic imine (C=N–C) groups is 1. The number of nitrogens with two attached hydrogens (primary N) is 1. The number of hydrogen-bond donors (Lipinski definition) is 1. The van der Waals surface area contributed by atoms with Gasteiger partial charge in [-0.3, -0.25) is 14.7 Å². The van der Waals surface area contributed by atoms with Crippen molar-refractivity contribution in [1.29, 1.82) is 0 Å². The number of amides is 1. The zero-order valence-corrected chi connectivity index (χ0v) is 17.2. The van der Waals surface area contributed by atoms with Crippen LogP contribution in [0.1, 0.15) is 38.3 Å². The second-order valence-electron chi connectivity index (χ2n) is 7.94. The van der Waals surface area contributed by atoms with Crippen LogP contribution in [0.25, 0.3) is 11.1 Å². The Bertz CT molecular complexity index is 1020. The van der Waals surface area contributed by atoms with Crippen molar-refractivity contribution in [3.63, 3.8) is 0 Å². The van der Waals surface area contributed by atoms with E-state index >= 15 is 0 Å². The zero-order chi connectivity index (χ0) is 20.3. The van der Waals surface area contributed by atoms with Crippen molar-refractivity contribution in [2.45, 2.75) is 44.8 Å². The molecule has 2 aliphatic rings. The number of pyridine rings is 1. The fourth-order valence-electron chi connectivity index (χ4n) is 4.22. The number of rotatable bonds is 2. The zero-order valence-electron chi connectivity index (χ0n) is 16.4. The molecule has 1 aromatic heterocycles. The third kappa shape index (κ3) is 2.66. The molecule has 1 unspecified atom stereocenters. The molecule has 7 heteroatoms. The largest absolute Gasteiger partial charge is 0.487 e. The molecule has 1 spiro atoms. The van der Waals surface area contributed by atoms with Gasteiger partial charge < -0.3 is 10.5 Å². The number of fused-ring (bicyclic) bond motifs is 2. The second-order valence-corrected chi connectivity index (χ2v) is 8.35. The van der Waals surface area contributed by atoms with Gasteiger partial charge in [-0.1, -0.05) is 24.6 Å². The number of aromatic nitrogens is 1. The molecule has 0 radical (unpaired) electrons. The van der Waals surface area contributed by atoms with E-state index in [0.717, 1.165) is 28.7 Å². The van der Waals surface area contributed by atoms with Gasteiger partial charge in [0.15, 0.2) is 11.5 Å². The first-order valence-electron chi connectivity index (χ1n) is 9.28. The normalized spacial score (nSPS) is 22.8. The van der Waals surface area contributed by atoms with Gasteiger partial charge in [0.25, 0.3) is 5.91 Å². The lowest BCUT2D eigenvalue weighted by Gasteiger charge is -2.41. The van der Waals surface area contributed by atoms with Crippen LogP contribution in [0.4, 0.5) is 0 Å². The minimum atomic E-state index is -1.08. The van der Waals surface area contributed by atoms with Crippen LogP contribution in [-0.2, 0) is 16.8 Å². The molecule has 4 rings (SSSR count). The Morgan fingerprint density at radius 2 is 2.07 bits per heavy atom. The summed E-state index contributed by atoms with van der Waals surface area (Å²) in [4.78, 5) is 23.5. The van der Waals surface area contributed by atoms with Crippen LogP contribution in [0.15, 0.2) is 35.6 Å². The lowest BCUT2D eigenvalue weighted by molar-refractivity contribution is -0.133. The second kappa shape index (κ2) is 6.21. The van der Waals surface area contributed by atoms with E-state index in [1.165, 1.54) is 4.90 Å². The van der Waals surface area contributed by atoms with Crippen LogP contribution in [0.5, 0.6) is 5.75 Å². The molecule has 1 aromatic carbocycles. The highest BCUT2D eigenvalue weighted by atomic mass is 35.5. The minimum absolute atomic E-state index is 0.139. The molecule has 3 heterocycles. The summed E-state index contributed by atoms with van der Waals surface area (Å²) in [6, 6.07) is 5.83. The van der Waals surface area contributed by atoms with Gasteiger partial charge in [-0.2, -0.15) is 0 Å². The molecule has 2 aromatic rings. The lowest BCUT2D eigenvalue weighted by atomic mass is 9.76. The quantitative estimate of drug-likeness (QED) is 0.839. The molecule has 0 aliphatic carbocycles. The number of carbonyl (C=O) groups excluding carboxylic acids is 1. The number of nitrogens with zero attached hydrogens (tertiary/aromatic N) is 3. The summed E-state index contributed by atoms with van der Waals surface area (Å²) in [5, 5.41) is 0.628. The third-order valence-corrected chi connectivity index (χ3v) is 5.80.